The maximum absolute atomic E-state index is 11.5. The molecule has 0 spiro atoms. The smallest absolute Gasteiger partial charge is 0.220 e. The predicted octanol–water partition coefficient (Wildman–Crippen LogP) is 1.33. The topological polar surface area (TPSA) is 58.6 Å². The molecule has 0 bridgehead atoms. The van der Waals surface area contributed by atoms with Gasteiger partial charge in [0.1, 0.15) is 0 Å². The van der Waals surface area contributed by atoms with Gasteiger partial charge < -0.3 is 15.2 Å². The summed E-state index contributed by atoms with van der Waals surface area (Å²) in [7, 11) is 0. The van der Waals surface area contributed by atoms with Crippen LogP contribution >= 0.6 is 0 Å². The van der Waals surface area contributed by atoms with Gasteiger partial charge in [-0.1, -0.05) is 13.8 Å². The van der Waals surface area contributed by atoms with E-state index in [4.69, 9.17) is 9.84 Å². The van der Waals surface area contributed by atoms with E-state index in [1.807, 2.05) is 6.92 Å². The summed E-state index contributed by atoms with van der Waals surface area (Å²) in [4.78, 5) is 11.5. The van der Waals surface area contributed by atoms with Crippen LogP contribution in [0.15, 0.2) is 0 Å². The molecule has 0 heterocycles. The minimum Gasteiger partial charge on any atom is -0.396 e. The molecule has 96 valence electrons. The molecule has 0 aliphatic carbocycles. The van der Waals surface area contributed by atoms with Gasteiger partial charge in [-0.05, 0) is 25.7 Å². The van der Waals surface area contributed by atoms with Crippen LogP contribution in [-0.4, -0.2) is 36.9 Å². The Hall–Kier alpha value is -0.610. The first-order valence-corrected chi connectivity index (χ1v) is 6.09. The van der Waals surface area contributed by atoms with Gasteiger partial charge in [-0.2, -0.15) is 0 Å². The molecule has 0 radical (unpaired) electrons. The first-order chi connectivity index (χ1) is 7.61. The Labute approximate surface area is 98.4 Å². The predicted molar refractivity (Wildman–Crippen MR) is 64.2 cm³/mol. The summed E-state index contributed by atoms with van der Waals surface area (Å²) in [5.41, 5.74) is 0. The molecule has 0 fully saturated rings. The van der Waals surface area contributed by atoms with Crippen LogP contribution in [0.3, 0.4) is 0 Å². The molecule has 4 heteroatoms. The minimum atomic E-state index is 0.0480. The quantitative estimate of drug-likeness (QED) is 0.588. The molecule has 0 saturated heterocycles. The lowest BCUT2D eigenvalue weighted by Crippen LogP contribution is -2.41. The van der Waals surface area contributed by atoms with Gasteiger partial charge in [-0.3, -0.25) is 4.79 Å². The molecule has 0 aliphatic rings. The summed E-state index contributed by atoms with van der Waals surface area (Å²) in [5, 5.41) is 11.6. The molecule has 0 rings (SSSR count). The standard InChI is InChI=1S/C12H25NO3/c1-4-16-9-11(10(2)3)13-12(15)7-5-6-8-14/h10-11,14H,4-9H2,1-3H3,(H,13,15). The van der Waals surface area contributed by atoms with Crippen molar-refractivity contribution in [2.75, 3.05) is 19.8 Å². The molecule has 1 atom stereocenters. The molecule has 1 amide bonds. The van der Waals surface area contributed by atoms with Gasteiger partial charge in [-0.25, -0.2) is 0 Å². The van der Waals surface area contributed by atoms with Crippen LogP contribution in [0.2, 0.25) is 0 Å². The summed E-state index contributed by atoms with van der Waals surface area (Å²) in [6, 6.07) is 0.0848. The number of nitrogens with one attached hydrogen (secondary N) is 1. The molecule has 0 aliphatic heterocycles. The normalized spacial score (nSPS) is 12.8. The largest absolute Gasteiger partial charge is 0.396 e. The second-order valence-corrected chi connectivity index (χ2v) is 4.26. The van der Waals surface area contributed by atoms with Crippen LogP contribution in [0, 0.1) is 5.92 Å². The molecular weight excluding hydrogens is 206 g/mol. The van der Waals surface area contributed by atoms with Crippen molar-refractivity contribution < 1.29 is 14.6 Å². The van der Waals surface area contributed by atoms with Crippen molar-refractivity contribution in [3.63, 3.8) is 0 Å². The van der Waals surface area contributed by atoms with Gasteiger partial charge in [0.15, 0.2) is 0 Å². The third-order valence-corrected chi connectivity index (χ3v) is 2.46. The third-order valence-electron chi connectivity index (χ3n) is 2.46. The number of aliphatic hydroxyl groups excluding tert-OH is 1. The molecule has 2 N–H and O–H groups in total. The van der Waals surface area contributed by atoms with Gasteiger partial charge in [-0.15, -0.1) is 0 Å². The second-order valence-electron chi connectivity index (χ2n) is 4.26. The van der Waals surface area contributed by atoms with Gasteiger partial charge in [0.05, 0.1) is 12.6 Å². The number of amides is 1. The maximum atomic E-state index is 11.5. The Morgan fingerprint density at radius 2 is 2.06 bits per heavy atom. The highest BCUT2D eigenvalue weighted by molar-refractivity contribution is 5.76. The highest BCUT2D eigenvalue weighted by atomic mass is 16.5. The highest BCUT2D eigenvalue weighted by Gasteiger charge is 2.15. The number of unbranched alkanes of at least 4 members (excludes halogenated alkanes) is 1. The number of hydrogen-bond donors (Lipinski definition) is 2. The van der Waals surface area contributed by atoms with Crippen LogP contribution in [0.4, 0.5) is 0 Å². The van der Waals surface area contributed by atoms with Gasteiger partial charge in [0.25, 0.3) is 0 Å². The zero-order valence-corrected chi connectivity index (χ0v) is 10.7. The number of aliphatic hydroxyl groups is 1. The Balaban J connectivity index is 3.83. The zero-order valence-electron chi connectivity index (χ0n) is 10.7. The number of carbonyl (C=O) groups is 1. The van der Waals surface area contributed by atoms with Crippen molar-refractivity contribution >= 4 is 5.91 Å². The Bertz CT molecular complexity index is 183. The Morgan fingerprint density at radius 3 is 2.56 bits per heavy atom. The number of rotatable bonds is 9. The lowest BCUT2D eigenvalue weighted by molar-refractivity contribution is -0.122. The van der Waals surface area contributed by atoms with Crippen molar-refractivity contribution in [1.82, 2.24) is 5.32 Å². The van der Waals surface area contributed by atoms with Gasteiger partial charge >= 0.3 is 0 Å². The number of carbonyl (C=O) groups excluding carboxylic acids is 1. The average Bonchev–Trinajstić information content (AvgIpc) is 2.24. The van der Waals surface area contributed by atoms with Crippen LogP contribution in [-0.2, 0) is 9.53 Å². The molecular formula is C12H25NO3. The van der Waals surface area contributed by atoms with E-state index >= 15 is 0 Å². The lowest BCUT2D eigenvalue weighted by Gasteiger charge is -2.22. The van der Waals surface area contributed by atoms with E-state index < -0.39 is 0 Å². The summed E-state index contributed by atoms with van der Waals surface area (Å²) in [5.74, 6) is 0.417. The maximum Gasteiger partial charge on any atom is 0.220 e. The lowest BCUT2D eigenvalue weighted by atomic mass is 10.1. The van der Waals surface area contributed by atoms with E-state index in [0.717, 1.165) is 6.42 Å². The van der Waals surface area contributed by atoms with Crippen LogP contribution < -0.4 is 5.32 Å². The Kier molecular flexibility index (Phi) is 9.24. The fourth-order valence-corrected chi connectivity index (χ4v) is 1.32. The summed E-state index contributed by atoms with van der Waals surface area (Å²) in [6.07, 6.45) is 1.91. The first-order valence-electron chi connectivity index (χ1n) is 6.09. The van der Waals surface area contributed by atoms with Crippen molar-refractivity contribution in [3.05, 3.63) is 0 Å². The van der Waals surface area contributed by atoms with Crippen molar-refractivity contribution in [3.8, 4) is 0 Å². The molecule has 0 aromatic heterocycles. The van der Waals surface area contributed by atoms with Crippen LogP contribution in [0.1, 0.15) is 40.0 Å². The van der Waals surface area contributed by atoms with Crippen LogP contribution in [0.5, 0.6) is 0 Å². The van der Waals surface area contributed by atoms with Gasteiger partial charge in [0, 0.05) is 19.6 Å². The molecule has 0 aromatic rings. The SMILES string of the molecule is CCOCC(NC(=O)CCCCO)C(C)C. The van der Waals surface area contributed by atoms with Crippen molar-refractivity contribution in [1.29, 1.82) is 0 Å². The zero-order chi connectivity index (χ0) is 12.4. The average molecular weight is 231 g/mol. The minimum absolute atomic E-state index is 0.0480. The first kappa shape index (κ1) is 15.4. The number of hydrogen-bond acceptors (Lipinski definition) is 3. The summed E-state index contributed by atoms with van der Waals surface area (Å²) >= 11 is 0. The number of ether oxygens (including phenoxy) is 1. The van der Waals surface area contributed by atoms with Crippen molar-refractivity contribution in [2.24, 2.45) is 5.92 Å². The highest BCUT2D eigenvalue weighted by Crippen LogP contribution is 2.04. The fourth-order valence-electron chi connectivity index (χ4n) is 1.32. The molecule has 0 saturated carbocycles. The second kappa shape index (κ2) is 9.60. The van der Waals surface area contributed by atoms with Crippen LogP contribution in [0.25, 0.3) is 0 Å². The third kappa shape index (κ3) is 7.65. The van der Waals surface area contributed by atoms with E-state index in [0.29, 0.717) is 32.0 Å². The fraction of sp³-hybridized carbons (Fsp3) is 0.917. The van der Waals surface area contributed by atoms with E-state index in [2.05, 4.69) is 19.2 Å². The van der Waals surface area contributed by atoms with E-state index in [1.165, 1.54) is 0 Å². The van der Waals surface area contributed by atoms with E-state index in [-0.39, 0.29) is 18.6 Å². The molecule has 16 heavy (non-hydrogen) atoms. The molecule has 1 unspecified atom stereocenters. The van der Waals surface area contributed by atoms with E-state index in [9.17, 15) is 4.79 Å². The van der Waals surface area contributed by atoms with E-state index in [1.54, 1.807) is 0 Å². The van der Waals surface area contributed by atoms with Crippen molar-refractivity contribution in [2.45, 2.75) is 46.1 Å². The Morgan fingerprint density at radius 1 is 1.38 bits per heavy atom. The summed E-state index contributed by atoms with van der Waals surface area (Å²) < 4.78 is 5.33. The monoisotopic (exact) mass is 231 g/mol. The van der Waals surface area contributed by atoms with Gasteiger partial charge in [0.2, 0.25) is 5.91 Å². The molecule has 0 aromatic carbocycles. The molecule has 4 nitrogen and oxygen atoms in total. The summed E-state index contributed by atoms with van der Waals surface area (Å²) in [6.45, 7) is 7.47.